The number of carbonyl (C=O) groups excluding carboxylic acids is 1. The van der Waals surface area contributed by atoms with Gasteiger partial charge in [-0.3, -0.25) is 9.69 Å². The topological polar surface area (TPSA) is 84.7 Å². The van der Waals surface area contributed by atoms with Crippen molar-refractivity contribution in [3.8, 4) is 6.07 Å². The van der Waals surface area contributed by atoms with Crippen molar-refractivity contribution in [2.45, 2.75) is 13.0 Å². The normalized spacial score (nSPS) is 18.3. The molecular weight excluding hydrogens is 392 g/mol. The zero-order valence-electron chi connectivity index (χ0n) is 17.8. The predicted molar refractivity (Wildman–Crippen MR) is 120 cm³/mol. The number of rotatable bonds is 5. The first-order valence-corrected chi connectivity index (χ1v) is 10.7. The number of ether oxygens (including phenoxy) is 1. The third-order valence-electron chi connectivity index (χ3n) is 5.96. The Hall–Kier alpha value is -3.15. The molecule has 8 nitrogen and oxygen atoms in total. The van der Waals surface area contributed by atoms with Crippen LogP contribution in [0.3, 0.4) is 0 Å². The number of hydrogen-bond acceptors (Lipinski definition) is 7. The Morgan fingerprint density at radius 1 is 1.06 bits per heavy atom. The van der Waals surface area contributed by atoms with Crippen LogP contribution in [0.25, 0.3) is 0 Å². The minimum absolute atomic E-state index is 0.0110. The van der Waals surface area contributed by atoms with Crippen molar-refractivity contribution in [2.75, 3.05) is 67.6 Å². The lowest BCUT2D eigenvalue weighted by atomic mass is 10.2. The molecule has 1 aromatic carbocycles. The van der Waals surface area contributed by atoms with Crippen LogP contribution in [0.4, 0.5) is 17.2 Å². The van der Waals surface area contributed by atoms with E-state index in [1.165, 1.54) is 0 Å². The highest BCUT2D eigenvalue weighted by Gasteiger charge is 2.27. The maximum absolute atomic E-state index is 12.8. The van der Waals surface area contributed by atoms with E-state index in [1.807, 2.05) is 31.2 Å². The number of aromatic nitrogens is 1. The average molecular weight is 421 g/mol. The summed E-state index contributed by atoms with van der Waals surface area (Å²) in [5, 5.41) is 12.3. The van der Waals surface area contributed by atoms with Crippen LogP contribution in [-0.4, -0.2) is 74.3 Å². The van der Waals surface area contributed by atoms with Crippen LogP contribution in [0.1, 0.15) is 12.5 Å². The Labute approximate surface area is 183 Å². The predicted octanol–water partition coefficient (Wildman–Crippen LogP) is 1.94. The SMILES string of the molecule is CC(C(=O)Nc1ccc(N2CCOCC2)cc1)N1CCN(c2ncccc2C#N)CC1. The minimum Gasteiger partial charge on any atom is -0.378 e. The second-order valence-electron chi connectivity index (χ2n) is 7.82. The Morgan fingerprint density at radius 3 is 2.45 bits per heavy atom. The number of pyridine rings is 1. The molecule has 0 saturated carbocycles. The smallest absolute Gasteiger partial charge is 0.241 e. The van der Waals surface area contributed by atoms with Gasteiger partial charge in [0.2, 0.25) is 5.91 Å². The Balaban J connectivity index is 1.30. The van der Waals surface area contributed by atoms with Gasteiger partial charge in [-0.25, -0.2) is 4.98 Å². The Kier molecular flexibility index (Phi) is 6.65. The largest absolute Gasteiger partial charge is 0.378 e. The molecule has 1 atom stereocenters. The van der Waals surface area contributed by atoms with Gasteiger partial charge in [0, 0.05) is 56.8 Å². The first kappa shape index (κ1) is 21.1. The van der Waals surface area contributed by atoms with E-state index >= 15 is 0 Å². The standard InChI is InChI=1S/C23H28N6O2/c1-18(27-9-11-29(12-10-27)22-19(17-24)3-2-8-25-22)23(30)26-20-4-6-21(7-5-20)28-13-15-31-16-14-28/h2-8,18H,9-16H2,1H3,(H,26,30). The highest BCUT2D eigenvalue weighted by molar-refractivity contribution is 5.94. The van der Waals surface area contributed by atoms with Gasteiger partial charge in [0.15, 0.2) is 0 Å². The fourth-order valence-corrected chi connectivity index (χ4v) is 4.05. The number of nitrogens with one attached hydrogen (secondary N) is 1. The summed E-state index contributed by atoms with van der Waals surface area (Å²) in [6.07, 6.45) is 1.71. The molecule has 8 heteroatoms. The number of nitrogens with zero attached hydrogens (tertiary/aromatic N) is 5. The van der Waals surface area contributed by atoms with Crippen molar-refractivity contribution in [3.63, 3.8) is 0 Å². The fraction of sp³-hybridized carbons (Fsp3) is 0.435. The summed E-state index contributed by atoms with van der Waals surface area (Å²) in [4.78, 5) is 23.7. The van der Waals surface area contributed by atoms with Crippen LogP contribution in [0.5, 0.6) is 0 Å². The van der Waals surface area contributed by atoms with Gasteiger partial charge < -0.3 is 19.9 Å². The van der Waals surface area contributed by atoms with Crippen molar-refractivity contribution in [3.05, 3.63) is 48.2 Å². The van der Waals surface area contributed by atoms with Crippen LogP contribution < -0.4 is 15.1 Å². The molecule has 3 heterocycles. The minimum atomic E-state index is -0.236. The summed E-state index contributed by atoms with van der Waals surface area (Å²) in [6, 6.07) is 13.5. The van der Waals surface area contributed by atoms with E-state index in [4.69, 9.17) is 4.74 Å². The van der Waals surface area contributed by atoms with E-state index in [0.717, 1.165) is 69.7 Å². The van der Waals surface area contributed by atoms with E-state index in [-0.39, 0.29) is 11.9 Å². The summed E-state index contributed by atoms with van der Waals surface area (Å²) < 4.78 is 5.40. The van der Waals surface area contributed by atoms with Crippen LogP contribution in [0.2, 0.25) is 0 Å². The number of benzene rings is 1. The lowest BCUT2D eigenvalue weighted by molar-refractivity contribution is -0.120. The molecule has 0 bridgehead atoms. The summed E-state index contributed by atoms with van der Waals surface area (Å²) in [6.45, 7) is 8.18. The molecule has 1 aromatic heterocycles. The third kappa shape index (κ3) is 4.95. The Bertz CT molecular complexity index is 928. The quantitative estimate of drug-likeness (QED) is 0.791. The number of carbonyl (C=O) groups is 1. The van der Waals surface area contributed by atoms with E-state index in [1.54, 1.807) is 18.3 Å². The molecule has 1 amide bonds. The molecule has 2 saturated heterocycles. The second-order valence-corrected chi connectivity index (χ2v) is 7.82. The molecule has 2 aliphatic heterocycles. The lowest BCUT2D eigenvalue weighted by Gasteiger charge is -2.38. The molecular formula is C23H28N6O2. The molecule has 0 spiro atoms. The summed E-state index contributed by atoms with van der Waals surface area (Å²) in [5.41, 5.74) is 2.54. The number of amides is 1. The zero-order chi connectivity index (χ0) is 21.6. The summed E-state index contributed by atoms with van der Waals surface area (Å²) in [7, 11) is 0. The van der Waals surface area contributed by atoms with Gasteiger partial charge in [0.25, 0.3) is 0 Å². The van der Waals surface area contributed by atoms with Crippen LogP contribution in [-0.2, 0) is 9.53 Å². The van der Waals surface area contributed by atoms with Crippen molar-refractivity contribution < 1.29 is 9.53 Å². The van der Waals surface area contributed by atoms with Crippen molar-refractivity contribution in [1.82, 2.24) is 9.88 Å². The Morgan fingerprint density at radius 2 is 1.77 bits per heavy atom. The second kappa shape index (κ2) is 9.77. The van der Waals surface area contributed by atoms with Crippen molar-refractivity contribution in [2.24, 2.45) is 0 Å². The van der Waals surface area contributed by atoms with Gasteiger partial charge >= 0.3 is 0 Å². The molecule has 4 rings (SSSR count). The molecule has 0 aliphatic carbocycles. The van der Waals surface area contributed by atoms with E-state index < -0.39 is 0 Å². The average Bonchev–Trinajstić information content (AvgIpc) is 2.84. The maximum Gasteiger partial charge on any atom is 0.241 e. The highest BCUT2D eigenvalue weighted by Crippen LogP contribution is 2.21. The maximum atomic E-state index is 12.8. The number of hydrogen-bond donors (Lipinski definition) is 1. The van der Waals surface area contributed by atoms with Gasteiger partial charge in [-0.2, -0.15) is 5.26 Å². The highest BCUT2D eigenvalue weighted by atomic mass is 16.5. The fourth-order valence-electron chi connectivity index (χ4n) is 4.05. The van der Waals surface area contributed by atoms with Gasteiger partial charge in [0.05, 0.1) is 24.8 Å². The van der Waals surface area contributed by atoms with E-state index in [9.17, 15) is 10.1 Å². The first-order chi connectivity index (χ1) is 15.2. The van der Waals surface area contributed by atoms with E-state index in [0.29, 0.717) is 5.56 Å². The van der Waals surface area contributed by atoms with Crippen molar-refractivity contribution >= 4 is 23.1 Å². The number of piperazine rings is 1. The van der Waals surface area contributed by atoms with E-state index in [2.05, 4.69) is 31.1 Å². The third-order valence-corrected chi connectivity index (χ3v) is 5.96. The molecule has 2 aliphatic rings. The molecule has 2 fully saturated rings. The van der Waals surface area contributed by atoms with Crippen LogP contribution in [0.15, 0.2) is 42.6 Å². The van der Waals surface area contributed by atoms with Crippen LogP contribution in [0, 0.1) is 11.3 Å². The molecule has 31 heavy (non-hydrogen) atoms. The molecule has 162 valence electrons. The molecule has 0 radical (unpaired) electrons. The first-order valence-electron chi connectivity index (χ1n) is 10.7. The van der Waals surface area contributed by atoms with Gasteiger partial charge in [-0.1, -0.05) is 0 Å². The van der Waals surface area contributed by atoms with Gasteiger partial charge in [-0.05, 0) is 43.3 Å². The zero-order valence-corrected chi connectivity index (χ0v) is 17.8. The molecule has 1 unspecified atom stereocenters. The summed E-state index contributed by atoms with van der Waals surface area (Å²) in [5.74, 6) is 0.713. The van der Waals surface area contributed by atoms with Crippen molar-refractivity contribution in [1.29, 1.82) is 5.26 Å². The van der Waals surface area contributed by atoms with Crippen LogP contribution >= 0.6 is 0 Å². The number of morpholine rings is 1. The van der Waals surface area contributed by atoms with Gasteiger partial charge in [0.1, 0.15) is 11.9 Å². The molecule has 1 N–H and O–H groups in total. The van der Waals surface area contributed by atoms with Gasteiger partial charge in [-0.15, -0.1) is 0 Å². The number of nitriles is 1. The molecule has 2 aromatic rings. The monoisotopic (exact) mass is 420 g/mol. The summed E-state index contributed by atoms with van der Waals surface area (Å²) >= 11 is 0. The number of anilines is 3. The lowest BCUT2D eigenvalue weighted by Crippen LogP contribution is -2.53.